The van der Waals surface area contributed by atoms with Gasteiger partial charge in [0, 0.05) is 18.1 Å². The highest BCUT2D eigenvalue weighted by Gasteiger charge is 2.45. The van der Waals surface area contributed by atoms with Crippen LogP contribution >= 0.6 is 11.6 Å². The van der Waals surface area contributed by atoms with Gasteiger partial charge in [0.15, 0.2) is 0 Å². The highest BCUT2D eigenvalue weighted by molar-refractivity contribution is 6.31. The Morgan fingerprint density at radius 2 is 2.15 bits per heavy atom. The van der Waals surface area contributed by atoms with Crippen LogP contribution in [-0.4, -0.2) is 23.9 Å². The first-order valence-electron chi connectivity index (χ1n) is 7.15. The van der Waals surface area contributed by atoms with Gasteiger partial charge >= 0.3 is 0 Å². The highest BCUT2D eigenvalue weighted by atomic mass is 35.5. The Balaban J connectivity index is 2.21. The van der Waals surface area contributed by atoms with Gasteiger partial charge in [-0.05, 0) is 38.3 Å². The lowest BCUT2D eigenvalue weighted by molar-refractivity contribution is -0.142. The number of carbonyl (C=O) groups is 1. The molecule has 0 heterocycles. The summed E-state index contributed by atoms with van der Waals surface area (Å²) in [5.74, 6) is 0.120. The van der Waals surface area contributed by atoms with E-state index >= 15 is 0 Å². The second kappa shape index (κ2) is 5.74. The van der Waals surface area contributed by atoms with Gasteiger partial charge in [-0.25, -0.2) is 0 Å². The molecule has 1 saturated carbocycles. The van der Waals surface area contributed by atoms with Gasteiger partial charge < -0.3 is 10.6 Å². The molecule has 3 unspecified atom stereocenters. The van der Waals surface area contributed by atoms with Crippen LogP contribution in [0.1, 0.15) is 44.7 Å². The zero-order chi connectivity index (χ0) is 14.9. The fraction of sp³-hybridized carbons (Fsp3) is 0.562. The predicted octanol–water partition coefficient (Wildman–Crippen LogP) is 3.38. The number of carbonyl (C=O) groups excluding carboxylic acids is 1. The van der Waals surface area contributed by atoms with Crippen molar-refractivity contribution in [2.24, 2.45) is 11.1 Å². The molecule has 0 saturated heterocycles. The van der Waals surface area contributed by atoms with Crippen molar-refractivity contribution in [1.82, 2.24) is 4.90 Å². The monoisotopic (exact) mass is 294 g/mol. The molecule has 1 aromatic carbocycles. The molecule has 4 heteroatoms. The second-order valence-electron chi connectivity index (χ2n) is 6.03. The summed E-state index contributed by atoms with van der Waals surface area (Å²) >= 11 is 6.23. The van der Waals surface area contributed by atoms with Gasteiger partial charge in [-0.15, -0.1) is 0 Å². The maximum absolute atomic E-state index is 12.8. The Kier molecular flexibility index (Phi) is 4.40. The predicted molar refractivity (Wildman–Crippen MR) is 82.6 cm³/mol. The van der Waals surface area contributed by atoms with E-state index in [1.807, 2.05) is 45.2 Å². The van der Waals surface area contributed by atoms with Crippen LogP contribution in [0.15, 0.2) is 24.3 Å². The highest BCUT2D eigenvalue weighted by Crippen LogP contribution is 2.40. The zero-order valence-corrected chi connectivity index (χ0v) is 13.2. The molecular formula is C16H23ClN2O. The van der Waals surface area contributed by atoms with E-state index in [1.54, 1.807) is 4.90 Å². The Labute approximate surface area is 126 Å². The summed E-state index contributed by atoms with van der Waals surface area (Å²) in [5, 5.41) is 0.695. The Bertz CT molecular complexity index is 505. The number of rotatable bonds is 3. The number of nitrogens with two attached hydrogens (primary N) is 1. The molecule has 20 heavy (non-hydrogen) atoms. The van der Waals surface area contributed by atoms with Gasteiger partial charge in [-0.3, -0.25) is 4.79 Å². The molecule has 0 aliphatic heterocycles. The van der Waals surface area contributed by atoms with E-state index in [2.05, 4.69) is 0 Å². The third kappa shape index (κ3) is 2.57. The summed E-state index contributed by atoms with van der Waals surface area (Å²) in [7, 11) is 1.84. The summed E-state index contributed by atoms with van der Waals surface area (Å²) in [6.07, 6.45) is 2.82. The first kappa shape index (κ1) is 15.3. The van der Waals surface area contributed by atoms with Crippen molar-refractivity contribution in [2.45, 2.75) is 45.2 Å². The molecule has 1 fully saturated rings. The average molecular weight is 295 g/mol. The number of hydrogen-bond acceptors (Lipinski definition) is 2. The summed E-state index contributed by atoms with van der Waals surface area (Å²) in [6, 6.07) is 7.56. The van der Waals surface area contributed by atoms with Crippen LogP contribution in [0.5, 0.6) is 0 Å². The molecule has 1 amide bonds. The van der Waals surface area contributed by atoms with E-state index in [0.29, 0.717) is 5.02 Å². The molecular weight excluding hydrogens is 272 g/mol. The van der Waals surface area contributed by atoms with Gasteiger partial charge in [0.25, 0.3) is 0 Å². The SMILES string of the molecule is CC(c1ccccc1Cl)N(C)C(=O)C1(C)CCCC1N. The summed E-state index contributed by atoms with van der Waals surface area (Å²) in [6.45, 7) is 3.99. The van der Waals surface area contributed by atoms with Crippen LogP contribution in [0.4, 0.5) is 0 Å². The molecule has 1 aromatic rings. The quantitative estimate of drug-likeness (QED) is 0.929. The Hall–Kier alpha value is -1.06. The van der Waals surface area contributed by atoms with Gasteiger partial charge in [-0.1, -0.05) is 36.2 Å². The topological polar surface area (TPSA) is 46.3 Å². The number of hydrogen-bond donors (Lipinski definition) is 1. The van der Waals surface area contributed by atoms with Crippen molar-refractivity contribution in [3.05, 3.63) is 34.9 Å². The summed E-state index contributed by atoms with van der Waals surface area (Å²) in [4.78, 5) is 14.6. The molecule has 110 valence electrons. The van der Waals surface area contributed by atoms with Gasteiger partial charge in [0.05, 0.1) is 11.5 Å². The molecule has 1 aliphatic carbocycles. The molecule has 2 N–H and O–H groups in total. The van der Waals surface area contributed by atoms with E-state index in [4.69, 9.17) is 17.3 Å². The summed E-state index contributed by atoms with van der Waals surface area (Å²) < 4.78 is 0. The van der Waals surface area contributed by atoms with E-state index in [9.17, 15) is 4.79 Å². The zero-order valence-electron chi connectivity index (χ0n) is 12.4. The number of nitrogens with zero attached hydrogens (tertiary/aromatic N) is 1. The average Bonchev–Trinajstić information content (AvgIpc) is 2.78. The Morgan fingerprint density at radius 3 is 2.70 bits per heavy atom. The van der Waals surface area contributed by atoms with E-state index < -0.39 is 5.41 Å². The van der Waals surface area contributed by atoms with E-state index in [1.165, 1.54) is 0 Å². The van der Waals surface area contributed by atoms with E-state index in [-0.39, 0.29) is 18.0 Å². The van der Waals surface area contributed by atoms with Gasteiger partial charge in [0.1, 0.15) is 0 Å². The van der Waals surface area contributed by atoms with Crippen LogP contribution in [0, 0.1) is 5.41 Å². The minimum atomic E-state index is -0.440. The molecule has 3 atom stereocenters. The van der Waals surface area contributed by atoms with Crippen LogP contribution < -0.4 is 5.73 Å². The lowest BCUT2D eigenvalue weighted by Gasteiger charge is -2.36. The molecule has 0 bridgehead atoms. The van der Waals surface area contributed by atoms with Gasteiger partial charge in [0.2, 0.25) is 5.91 Å². The van der Waals surface area contributed by atoms with E-state index in [0.717, 1.165) is 24.8 Å². The number of halogens is 1. The molecule has 0 aromatic heterocycles. The largest absolute Gasteiger partial charge is 0.338 e. The third-order valence-corrected chi connectivity index (χ3v) is 5.12. The number of benzene rings is 1. The van der Waals surface area contributed by atoms with Crippen molar-refractivity contribution in [2.75, 3.05) is 7.05 Å². The van der Waals surface area contributed by atoms with Crippen molar-refractivity contribution < 1.29 is 4.79 Å². The van der Waals surface area contributed by atoms with Crippen LogP contribution in [0.25, 0.3) is 0 Å². The lowest BCUT2D eigenvalue weighted by Crippen LogP contribution is -2.48. The fourth-order valence-electron chi connectivity index (χ4n) is 3.06. The van der Waals surface area contributed by atoms with Crippen molar-refractivity contribution in [1.29, 1.82) is 0 Å². The second-order valence-corrected chi connectivity index (χ2v) is 6.44. The maximum Gasteiger partial charge on any atom is 0.230 e. The minimum absolute atomic E-state index is 0.0455. The standard InChI is InChI=1S/C16H23ClN2O/c1-11(12-7-4-5-8-13(12)17)19(3)15(20)16(2)10-6-9-14(16)18/h4-5,7-8,11,14H,6,9-10,18H2,1-3H3. The first-order valence-corrected chi connectivity index (χ1v) is 7.53. The maximum atomic E-state index is 12.8. The lowest BCUT2D eigenvalue weighted by atomic mass is 9.83. The smallest absolute Gasteiger partial charge is 0.230 e. The molecule has 2 rings (SSSR count). The molecule has 0 radical (unpaired) electrons. The normalized spacial score (nSPS) is 27.4. The third-order valence-electron chi connectivity index (χ3n) is 4.77. The molecule has 1 aliphatic rings. The first-order chi connectivity index (χ1) is 9.38. The van der Waals surface area contributed by atoms with Crippen LogP contribution in [0.3, 0.4) is 0 Å². The number of amides is 1. The van der Waals surface area contributed by atoms with Crippen molar-refractivity contribution in [3.63, 3.8) is 0 Å². The van der Waals surface area contributed by atoms with Gasteiger partial charge in [-0.2, -0.15) is 0 Å². The summed E-state index contributed by atoms with van der Waals surface area (Å²) in [5.41, 5.74) is 6.68. The Morgan fingerprint density at radius 1 is 1.50 bits per heavy atom. The van der Waals surface area contributed by atoms with Crippen LogP contribution in [-0.2, 0) is 4.79 Å². The fourth-order valence-corrected chi connectivity index (χ4v) is 3.35. The molecule has 3 nitrogen and oxygen atoms in total. The van der Waals surface area contributed by atoms with Crippen molar-refractivity contribution in [3.8, 4) is 0 Å². The van der Waals surface area contributed by atoms with Crippen molar-refractivity contribution >= 4 is 17.5 Å². The van der Waals surface area contributed by atoms with Crippen LogP contribution in [0.2, 0.25) is 5.02 Å². The molecule has 0 spiro atoms. The minimum Gasteiger partial charge on any atom is -0.338 e.